The van der Waals surface area contributed by atoms with E-state index in [9.17, 15) is 0 Å². The maximum absolute atomic E-state index is 2.42. The average Bonchev–Trinajstić information content (AvgIpc) is 3.45. The Morgan fingerprint density at radius 1 is 0.200 bits per heavy atom. The summed E-state index contributed by atoms with van der Waals surface area (Å²) >= 11 is 0. The van der Waals surface area contributed by atoms with Gasteiger partial charge in [0.2, 0.25) is 0 Å². The molecule has 0 aliphatic heterocycles. The zero-order valence-electron chi connectivity index (χ0n) is 38.8. The molecule has 0 amide bonds. The molecule has 3 heteroatoms. The molecule has 0 unspecified atom stereocenters. The summed E-state index contributed by atoms with van der Waals surface area (Å²) in [6.45, 7) is 0. The van der Waals surface area contributed by atoms with Crippen LogP contribution in [0.1, 0.15) is 22.3 Å². The fourth-order valence-electron chi connectivity index (χ4n) is 10.2. The summed E-state index contributed by atoms with van der Waals surface area (Å²) in [4.78, 5) is 9.90. The first-order chi connectivity index (χ1) is 34.7. The third-order valence-corrected chi connectivity index (χ3v) is 17.2. The Kier molecular flexibility index (Phi) is 12.5. The zero-order chi connectivity index (χ0) is 47.0. The van der Waals surface area contributed by atoms with Gasteiger partial charge >= 0.3 is 0 Å². The van der Waals surface area contributed by atoms with E-state index in [2.05, 4.69) is 325 Å². The minimum absolute atomic E-state index is 0.586. The molecule has 0 radical (unpaired) electrons. The van der Waals surface area contributed by atoms with E-state index in [1.165, 1.54) is 41.8 Å². The van der Waals surface area contributed by atoms with Gasteiger partial charge in [-0.3, -0.25) is 0 Å². The Morgan fingerprint density at radius 3 is 0.829 bits per heavy atom. The monoisotopic (exact) mass is 916 g/mol. The Balaban J connectivity index is 1.06. The molecule has 70 heavy (non-hydrogen) atoms. The third-order valence-electron chi connectivity index (χ3n) is 13.3. The summed E-state index contributed by atoms with van der Waals surface area (Å²) in [7, 11) is -1.91. The first-order valence-electron chi connectivity index (χ1n) is 23.9. The smallest absolute Gasteiger partial charge is 0.0702 e. The summed E-state index contributed by atoms with van der Waals surface area (Å²) in [5.41, 5.74) is 10.6. The van der Waals surface area contributed by atoms with Crippen LogP contribution in [0.3, 0.4) is 0 Å². The number of rotatable bonds is 14. The Bertz CT molecular complexity index is 2970. The van der Waals surface area contributed by atoms with E-state index < -0.39 is 15.4 Å². The molecular weight excluding hydrogens is 865 g/mol. The summed E-state index contributed by atoms with van der Waals surface area (Å²) in [6, 6.07) is 115. The molecule has 0 aliphatic carbocycles. The highest BCUT2D eigenvalue weighted by molar-refractivity contribution is 8.34. The molecule has 2 nitrogen and oxygen atoms in total. The fraction of sp³-hybridized carbons (Fsp3) is 0.0149. The predicted molar refractivity (Wildman–Crippen MR) is 294 cm³/mol. The van der Waals surface area contributed by atoms with Crippen molar-refractivity contribution in [3.63, 3.8) is 0 Å². The van der Waals surface area contributed by atoms with Gasteiger partial charge in [-0.1, -0.05) is 200 Å². The number of benzene rings is 11. The first-order valence-corrected chi connectivity index (χ1v) is 25.5. The van der Waals surface area contributed by atoms with Gasteiger partial charge < -0.3 is 9.80 Å². The second-order valence-corrected chi connectivity index (χ2v) is 20.4. The van der Waals surface area contributed by atoms with E-state index in [4.69, 9.17) is 0 Å². The number of anilines is 6. The number of nitrogens with zero attached hydrogens (tertiary/aromatic N) is 2. The minimum Gasteiger partial charge on any atom is -0.310 e. The molecule has 11 rings (SSSR count). The van der Waals surface area contributed by atoms with Crippen molar-refractivity contribution < 1.29 is 0 Å². The average molecular weight is 917 g/mol. The molecule has 0 aliphatic rings. The normalized spacial score (nSPS) is 11.7. The molecule has 0 spiro atoms. The van der Waals surface area contributed by atoms with E-state index in [0.717, 1.165) is 34.1 Å². The number of hydrogen-bond donors (Lipinski definition) is 0. The molecule has 336 valence electrons. The Morgan fingerprint density at radius 2 is 0.457 bits per heavy atom. The third kappa shape index (κ3) is 8.17. The van der Waals surface area contributed by atoms with Crippen LogP contribution in [0.4, 0.5) is 34.1 Å². The SMILES string of the molecule is c1ccc(N(c2ccc(N(c3ccccc3)c3cccc(S(c4ccccc4)(c4ccccc4)c4ccccc4)c3)cc2)c2cccc(C(c3ccccc3)(c3ccccc3)c3ccccc3)c2)cc1. The molecule has 0 saturated heterocycles. The molecular formula is C67H52N2S. The van der Waals surface area contributed by atoms with Crippen molar-refractivity contribution in [2.24, 2.45) is 0 Å². The van der Waals surface area contributed by atoms with Gasteiger partial charge in [0.1, 0.15) is 0 Å². The first kappa shape index (κ1) is 43.9. The van der Waals surface area contributed by atoms with Gasteiger partial charge in [-0.2, -0.15) is 0 Å². The van der Waals surface area contributed by atoms with E-state index in [1.54, 1.807) is 0 Å². The van der Waals surface area contributed by atoms with E-state index in [1.807, 2.05) is 0 Å². The van der Waals surface area contributed by atoms with Crippen LogP contribution in [-0.4, -0.2) is 0 Å². The van der Waals surface area contributed by atoms with Crippen molar-refractivity contribution in [2.75, 3.05) is 9.80 Å². The minimum atomic E-state index is -1.91. The summed E-state index contributed by atoms with van der Waals surface area (Å²) < 4.78 is 0. The second kappa shape index (κ2) is 19.9. The van der Waals surface area contributed by atoms with Crippen LogP contribution in [0.15, 0.2) is 335 Å². The molecule has 0 atom stereocenters. The maximum atomic E-state index is 2.42. The molecule has 11 aromatic rings. The number of para-hydroxylation sites is 2. The second-order valence-electron chi connectivity index (χ2n) is 17.3. The fourth-order valence-corrected chi connectivity index (χ4v) is 14.2. The van der Waals surface area contributed by atoms with Crippen LogP contribution in [0.25, 0.3) is 0 Å². The molecule has 0 bridgehead atoms. The van der Waals surface area contributed by atoms with Crippen LogP contribution < -0.4 is 9.80 Å². The quantitative estimate of drug-likeness (QED) is 0.100. The molecule has 0 heterocycles. The molecule has 0 aromatic heterocycles. The van der Waals surface area contributed by atoms with E-state index in [0.29, 0.717) is 0 Å². The lowest BCUT2D eigenvalue weighted by atomic mass is 9.65. The van der Waals surface area contributed by atoms with E-state index in [-0.39, 0.29) is 0 Å². The summed E-state index contributed by atoms with van der Waals surface area (Å²) in [5, 5.41) is 0. The van der Waals surface area contributed by atoms with Gasteiger partial charge in [0.05, 0.1) is 5.41 Å². The lowest BCUT2D eigenvalue weighted by molar-refractivity contribution is 0.745. The van der Waals surface area contributed by atoms with Crippen LogP contribution >= 0.6 is 10.0 Å². The molecule has 0 fully saturated rings. The summed E-state index contributed by atoms with van der Waals surface area (Å²) in [6.07, 6.45) is 0. The predicted octanol–water partition coefficient (Wildman–Crippen LogP) is 18.3. The molecule has 11 aromatic carbocycles. The van der Waals surface area contributed by atoms with Crippen molar-refractivity contribution in [1.29, 1.82) is 0 Å². The van der Waals surface area contributed by atoms with Crippen LogP contribution in [0.5, 0.6) is 0 Å². The van der Waals surface area contributed by atoms with Crippen LogP contribution in [-0.2, 0) is 5.41 Å². The zero-order valence-corrected chi connectivity index (χ0v) is 39.6. The highest BCUT2D eigenvalue weighted by Crippen LogP contribution is 2.73. The van der Waals surface area contributed by atoms with Gasteiger partial charge in [-0.25, -0.2) is 0 Å². The topological polar surface area (TPSA) is 6.48 Å². The Hall–Kier alpha value is -8.63. The van der Waals surface area contributed by atoms with Gasteiger partial charge in [0, 0.05) is 53.7 Å². The van der Waals surface area contributed by atoms with Crippen LogP contribution in [0.2, 0.25) is 0 Å². The van der Waals surface area contributed by atoms with Crippen molar-refractivity contribution in [1.82, 2.24) is 0 Å². The standard InChI is InChI=1S/C67H52N2S/c1-9-27-53(28-10-1)67(54-29-11-2-12-30-54,55-31-13-3-14-32-55)56-33-25-38-61(51-56)68(57-34-15-4-16-35-57)59-47-49-60(50-48-59)69(58-36-17-5-18-37-58)62-39-26-46-66(52-62)70(63-40-19-6-20-41-63,64-42-21-7-22-43-64)65-44-23-8-24-45-65/h1-52H. The van der Waals surface area contributed by atoms with Gasteiger partial charge in [0.25, 0.3) is 0 Å². The highest BCUT2D eigenvalue weighted by Gasteiger charge is 2.39. The highest BCUT2D eigenvalue weighted by atomic mass is 32.3. The largest absolute Gasteiger partial charge is 0.310 e. The molecule has 0 N–H and O–H groups in total. The van der Waals surface area contributed by atoms with Gasteiger partial charge in [0.15, 0.2) is 0 Å². The van der Waals surface area contributed by atoms with Crippen molar-refractivity contribution in [3.05, 3.63) is 338 Å². The van der Waals surface area contributed by atoms with E-state index >= 15 is 0 Å². The Labute approximate surface area is 414 Å². The lowest BCUT2D eigenvalue weighted by Gasteiger charge is -2.42. The van der Waals surface area contributed by atoms with Crippen molar-refractivity contribution in [2.45, 2.75) is 25.0 Å². The van der Waals surface area contributed by atoms with Gasteiger partial charge in [-0.15, -0.1) is 10.0 Å². The summed E-state index contributed by atoms with van der Waals surface area (Å²) in [5.74, 6) is 0. The molecule has 0 saturated carbocycles. The maximum Gasteiger partial charge on any atom is 0.0702 e. The number of hydrogen-bond acceptors (Lipinski definition) is 2. The van der Waals surface area contributed by atoms with Crippen molar-refractivity contribution >= 4 is 44.2 Å². The van der Waals surface area contributed by atoms with Gasteiger partial charge in [-0.05, 0) is 138 Å². The van der Waals surface area contributed by atoms with Crippen LogP contribution in [0, 0.1) is 0 Å². The van der Waals surface area contributed by atoms with Crippen molar-refractivity contribution in [3.8, 4) is 0 Å². The lowest BCUT2D eigenvalue weighted by Crippen LogP contribution is -2.31.